The predicted molar refractivity (Wildman–Crippen MR) is 73.6 cm³/mol. The molecule has 1 saturated heterocycles. The van der Waals surface area contributed by atoms with Crippen LogP contribution < -0.4 is 5.32 Å². The number of rotatable bonds is 2. The van der Waals surface area contributed by atoms with Crippen LogP contribution in [-0.2, 0) is 9.53 Å². The van der Waals surface area contributed by atoms with Crippen molar-refractivity contribution in [3.63, 3.8) is 0 Å². The Hall–Kier alpha value is -2.13. The van der Waals surface area contributed by atoms with Crippen molar-refractivity contribution >= 4 is 5.91 Å². The number of carbonyl (C=O) groups is 1. The SMILES string of the molecule is O=C1CO[C@H](c2cccc(-c3ccccc3)c2)CN1. The second kappa shape index (κ2) is 5.24. The van der Waals surface area contributed by atoms with Gasteiger partial charge >= 0.3 is 0 Å². The molecule has 1 amide bonds. The summed E-state index contributed by atoms with van der Waals surface area (Å²) in [5.74, 6) is -0.0459. The summed E-state index contributed by atoms with van der Waals surface area (Å²) in [4.78, 5) is 11.1. The Labute approximate surface area is 112 Å². The van der Waals surface area contributed by atoms with E-state index < -0.39 is 0 Å². The molecule has 2 aromatic rings. The highest BCUT2D eigenvalue weighted by molar-refractivity contribution is 5.77. The molecule has 1 heterocycles. The maximum Gasteiger partial charge on any atom is 0.246 e. The minimum absolute atomic E-state index is 0.0459. The Morgan fingerprint density at radius 2 is 1.79 bits per heavy atom. The number of amides is 1. The van der Waals surface area contributed by atoms with E-state index >= 15 is 0 Å². The van der Waals surface area contributed by atoms with Gasteiger partial charge in [0.1, 0.15) is 12.7 Å². The fourth-order valence-corrected chi connectivity index (χ4v) is 2.26. The molecule has 1 aliphatic rings. The van der Waals surface area contributed by atoms with Crippen molar-refractivity contribution < 1.29 is 9.53 Å². The maximum atomic E-state index is 11.1. The lowest BCUT2D eigenvalue weighted by Crippen LogP contribution is -2.38. The van der Waals surface area contributed by atoms with E-state index in [4.69, 9.17) is 4.74 Å². The summed E-state index contributed by atoms with van der Waals surface area (Å²) in [5.41, 5.74) is 3.45. The Bertz CT molecular complexity index is 570. The van der Waals surface area contributed by atoms with Gasteiger partial charge in [-0.3, -0.25) is 4.79 Å². The molecular weight excluding hydrogens is 238 g/mol. The molecule has 0 aromatic heterocycles. The fourth-order valence-electron chi connectivity index (χ4n) is 2.26. The minimum atomic E-state index is -0.0543. The average molecular weight is 253 g/mol. The molecule has 0 radical (unpaired) electrons. The van der Waals surface area contributed by atoms with Gasteiger partial charge in [-0.25, -0.2) is 0 Å². The van der Waals surface area contributed by atoms with Gasteiger partial charge in [0.15, 0.2) is 0 Å². The van der Waals surface area contributed by atoms with Gasteiger partial charge < -0.3 is 10.1 Å². The first kappa shape index (κ1) is 11.9. The second-order valence-electron chi connectivity index (χ2n) is 4.60. The molecule has 2 aromatic carbocycles. The molecule has 1 fully saturated rings. The molecule has 1 aliphatic heterocycles. The summed E-state index contributed by atoms with van der Waals surface area (Å²) in [7, 11) is 0. The Morgan fingerprint density at radius 1 is 1.00 bits per heavy atom. The summed E-state index contributed by atoms with van der Waals surface area (Å²) in [6.07, 6.45) is -0.0543. The van der Waals surface area contributed by atoms with E-state index in [0.717, 1.165) is 5.56 Å². The first-order valence-corrected chi connectivity index (χ1v) is 6.36. The number of benzene rings is 2. The number of ether oxygens (including phenoxy) is 1. The summed E-state index contributed by atoms with van der Waals surface area (Å²) < 4.78 is 5.56. The number of hydrogen-bond donors (Lipinski definition) is 1. The Balaban J connectivity index is 1.86. The lowest BCUT2D eigenvalue weighted by Gasteiger charge is -2.23. The van der Waals surface area contributed by atoms with E-state index in [0.29, 0.717) is 6.54 Å². The zero-order chi connectivity index (χ0) is 13.1. The number of carbonyl (C=O) groups excluding carboxylic acids is 1. The van der Waals surface area contributed by atoms with Crippen LogP contribution in [0.2, 0.25) is 0 Å². The van der Waals surface area contributed by atoms with Crippen LogP contribution in [0.1, 0.15) is 11.7 Å². The fraction of sp³-hybridized carbons (Fsp3) is 0.188. The number of morpholine rings is 1. The van der Waals surface area contributed by atoms with Gasteiger partial charge in [-0.2, -0.15) is 0 Å². The van der Waals surface area contributed by atoms with Gasteiger partial charge in [0.05, 0.1) is 0 Å². The van der Waals surface area contributed by atoms with Crippen molar-refractivity contribution in [3.05, 3.63) is 60.2 Å². The summed E-state index contributed by atoms with van der Waals surface area (Å²) in [5, 5.41) is 2.83. The monoisotopic (exact) mass is 253 g/mol. The third-order valence-corrected chi connectivity index (χ3v) is 3.27. The molecule has 0 aliphatic carbocycles. The van der Waals surface area contributed by atoms with E-state index in [2.05, 4.69) is 29.6 Å². The highest BCUT2D eigenvalue weighted by atomic mass is 16.5. The first-order chi connectivity index (χ1) is 9.33. The van der Waals surface area contributed by atoms with Crippen LogP contribution in [0.3, 0.4) is 0 Å². The molecular formula is C16H15NO2. The van der Waals surface area contributed by atoms with Gasteiger partial charge in [-0.05, 0) is 22.8 Å². The van der Waals surface area contributed by atoms with Crippen LogP contribution in [0.25, 0.3) is 11.1 Å². The van der Waals surface area contributed by atoms with Crippen molar-refractivity contribution in [2.75, 3.05) is 13.2 Å². The van der Waals surface area contributed by atoms with Gasteiger partial charge in [0, 0.05) is 6.54 Å². The summed E-state index contributed by atoms with van der Waals surface area (Å²) in [6, 6.07) is 18.5. The van der Waals surface area contributed by atoms with Crippen LogP contribution in [0.4, 0.5) is 0 Å². The molecule has 3 heteroatoms. The summed E-state index contributed by atoms with van der Waals surface area (Å²) in [6.45, 7) is 0.678. The summed E-state index contributed by atoms with van der Waals surface area (Å²) >= 11 is 0. The molecule has 0 bridgehead atoms. The van der Waals surface area contributed by atoms with E-state index in [1.165, 1.54) is 11.1 Å². The van der Waals surface area contributed by atoms with Gasteiger partial charge in [-0.1, -0.05) is 48.5 Å². The standard InChI is InChI=1S/C16H15NO2/c18-16-11-19-15(10-17-16)14-8-4-7-13(9-14)12-5-2-1-3-6-12/h1-9,15H,10-11H2,(H,17,18)/t15-/m0/s1. The molecule has 0 saturated carbocycles. The largest absolute Gasteiger partial charge is 0.362 e. The Kier molecular flexibility index (Phi) is 3.29. The van der Waals surface area contributed by atoms with Gasteiger partial charge in [0.2, 0.25) is 5.91 Å². The van der Waals surface area contributed by atoms with Gasteiger partial charge in [0.25, 0.3) is 0 Å². The smallest absolute Gasteiger partial charge is 0.246 e. The quantitative estimate of drug-likeness (QED) is 0.893. The van der Waals surface area contributed by atoms with Crippen LogP contribution in [0.5, 0.6) is 0 Å². The maximum absolute atomic E-state index is 11.1. The normalized spacial score (nSPS) is 18.9. The molecule has 0 unspecified atom stereocenters. The van der Waals surface area contributed by atoms with Crippen LogP contribution in [-0.4, -0.2) is 19.1 Å². The van der Waals surface area contributed by atoms with Gasteiger partial charge in [-0.15, -0.1) is 0 Å². The predicted octanol–water partition coefficient (Wildman–Crippen LogP) is 2.54. The Morgan fingerprint density at radius 3 is 2.53 bits per heavy atom. The molecule has 0 spiro atoms. The molecule has 3 rings (SSSR count). The van der Waals surface area contributed by atoms with E-state index in [9.17, 15) is 4.79 Å². The van der Waals surface area contributed by atoms with E-state index in [1.807, 2.05) is 30.3 Å². The second-order valence-corrected chi connectivity index (χ2v) is 4.60. The molecule has 1 N–H and O–H groups in total. The minimum Gasteiger partial charge on any atom is -0.362 e. The van der Waals surface area contributed by atoms with Crippen LogP contribution >= 0.6 is 0 Å². The lowest BCUT2D eigenvalue weighted by atomic mass is 10.0. The molecule has 96 valence electrons. The third kappa shape index (κ3) is 2.66. The molecule has 19 heavy (non-hydrogen) atoms. The van der Waals surface area contributed by atoms with Crippen molar-refractivity contribution in [1.29, 1.82) is 0 Å². The molecule has 1 atom stereocenters. The third-order valence-electron chi connectivity index (χ3n) is 3.27. The molecule has 3 nitrogen and oxygen atoms in total. The van der Waals surface area contributed by atoms with Crippen molar-refractivity contribution in [1.82, 2.24) is 5.32 Å². The van der Waals surface area contributed by atoms with E-state index in [1.54, 1.807) is 0 Å². The number of hydrogen-bond acceptors (Lipinski definition) is 2. The van der Waals surface area contributed by atoms with Crippen molar-refractivity contribution in [2.24, 2.45) is 0 Å². The number of nitrogens with one attached hydrogen (secondary N) is 1. The van der Waals surface area contributed by atoms with Crippen LogP contribution in [0.15, 0.2) is 54.6 Å². The zero-order valence-corrected chi connectivity index (χ0v) is 10.5. The van der Waals surface area contributed by atoms with Crippen molar-refractivity contribution in [3.8, 4) is 11.1 Å². The van der Waals surface area contributed by atoms with Crippen molar-refractivity contribution in [2.45, 2.75) is 6.10 Å². The zero-order valence-electron chi connectivity index (χ0n) is 10.5. The highest BCUT2D eigenvalue weighted by Crippen LogP contribution is 2.25. The lowest BCUT2D eigenvalue weighted by molar-refractivity contribution is -0.133. The van der Waals surface area contributed by atoms with Crippen LogP contribution in [0, 0.1) is 0 Å². The highest BCUT2D eigenvalue weighted by Gasteiger charge is 2.20. The average Bonchev–Trinajstić information content (AvgIpc) is 2.49. The first-order valence-electron chi connectivity index (χ1n) is 6.36. The topological polar surface area (TPSA) is 38.3 Å². The van der Waals surface area contributed by atoms with E-state index in [-0.39, 0.29) is 18.6 Å².